The van der Waals surface area contributed by atoms with Gasteiger partial charge in [-0.1, -0.05) is 42.5 Å². The Morgan fingerprint density at radius 3 is 2.45 bits per heavy atom. The fraction of sp³-hybridized carbons (Fsp3) is 0.227. The van der Waals surface area contributed by atoms with Crippen molar-refractivity contribution in [2.45, 2.75) is 18.9 Å². The minimum absolute atomic E-state index is 0.0234. The number of aliphatic carboxylic acids is 1. The van der Waals surface area contributed by atoms with E-state index >= 15 is 0 Å². The number of carboxylic acid groups (broad SMARTS) is 1. The van der Waals surface area contributed by atoms with Gasteiger partial charge in [-0.3, -0.25) is 14.4 Å². The highest BCUT2D eigenvalue weighted by Crippen LogP contribution is 2.40. The zero-order chi connectivity index (χ0) is 21.0. The molecule has 3 rings (SSSR count). The Hall–Kier alpha value is -3.61. The molecule has 7 nitrogen and oxygen atoms in total. The summed E-state index contributed by atoms with van der Waals surface area (Å²) in [5, 5.41) is 19.8. The fourth-order valence-corrected chi connectivity index (χ4v) is 3.42. The predicted octanol–water partition coefficient (Wildman–Crippen LogP) is 2.98. The van der Waals surface area contributed by atoms with Crippen LogP contribution in [-0.4, -0.2) is 46.4 Å². The number of likely N-dealkylation sites (tertiary alicyclic amines) is 1. The first-order valence-electron chi connectivity index (χ1n) is 9.13. The molecule has 0 aliphatic carbocycles. The number of nitrogens with zero attached hydrogens (tertiary/aromatic N) is 1. The summed E-state index contributed by atoms with van der Waals surface area (Å²) in [7, 11) is 1.51. The Morgan fingerprint density at radius 1 is 1.07 bits per heavy atom. The summed E-state index contributed by atoms with van der Waals surface area (Å²) in [6.45, 7) is 0.0737. The molecule has 0 bridgehead atoms. The number of carbonyl (C=O) groups excluding carboxylic acids is 2. The maximum atomic E-state index is 12.8. The predicted molar refractivity (Wildman–Crippen MR) is 105 cm³/mol. The number of aliphatic hydroxyl groups is 1. The van der Waals surface area contributed by atoms with Crippen LogP contribution in [0.3, 0.4) is 0 Å². The summed E-state index contributed by atoms with van der Waals surface area (Å²) in [6.07, 6.45) is 0.0563. The van der Waals surface area contributed by atoms with Gasteiger partial charge in [-0.15, -0.1) is 0 Å². The number of carbonyl (C=O) groups is 3. The van der Waals surface area contributed by atoms with E-state index in [0.29, 0.717) is 16.9 Å². The van der Waals surface area contributed by atoms with Crippen molar-refractivity contribution in [3.05, 3.63) is 71.3 Å². The molecule has 1 heterocycles. The number of ether oxygens (including phenoxy) is 1. The van der Waals surface area contributed by atoms with Gasteiger partial charge in [-0.25, -0.2) is 0 Å². The first kappa shape index (κ1) is 20.1. The van der Waals surface area contributed by atoms with Crippen LogP contribution in [0.5, 0.6) is 5.75 Å². The molecule has 1 unspecified atom stereocenters. The largest absolute Gasteiger partial charge is 0.507 e. The topological polar surface area (TPSA) is 104 Å². The molecule has 7 heteroatoms. The van der Waals surface area contributed by atoms with Crippen molar-refractivity contribution < 1.29 is 29.3 Å². The third-order valence-electron chi connectivity index (χ3n) is 4.79. The highest BCUT2D eigenvalue weighted by atomic mass is 16.5. The second-order valence-corrected chi connectivity index (χ2v) is 6.63. The minimum Gasteiger partial charge on any atom is -0.507 e. The van der Waals surface area contributed by atoms with Crippen LogP contribution >= 0.6 is 0 Å². The zero-order valence-electron chi connectivity index (χ0n) is 15.9. The van der Waals surface area contributed by atoms with Crippen LogP contribution in [0.1, 0.15) is 30.0 Å². The Morgan fingerprint density at radius 2 is 1.79 bits per heavy atom. The van der Waals surface area contributed by atoms with Gasteiger partial charge in [0.2, 0.25) is 0 Å². The number of aliphatic hydroxyl groups excluding tert-OH is 1. The monoisotopic (exact) mass is 395 g/mol. The molecule has 150 valence electrons. The van der Waals surface area contributed by atoms with Crippen molar-refractivity contribution in [1.29, 1.82) is 0 Å². The molecule has 1 saturated heterocycles. The summed E-state index contributed by atoms with van der Waals surface area (Å²) in [6, 6.07) is 14.6. The zero-order valence-corrected chi connectivity index (χ0v) is 15.9. The van der Waals surface area contributed by atoms with Gasteiger partial charge < -0.3 is 19.8 Å². The average molecular weight is 395 g/mol. The van der Waals surface area contributed by atoms with Gasteiger partial charge in [0, 0.05) is 18.5 Å². The minimum atomic E-state index is -0.983. The third-order valence-corrected chi connectivity index (χ3v) is 4.79. The van der Waals surface area contributed by atoms with Crippen LogP contribution in [0.15, 0.2) is 60.2 Å². The molecule has 2 aromatic rings. The molecular formula is C22H21NO6. The molecule has 1 aliphatic rings. The molecule has 1 aliphatic heterocycles. The quantitative estimate of drug-likeness (QED) is 0.424. The number of hydrogen-bond acceptors (Lipinski definition) is 5. The van der Waals surface area contributed by atoms with Gasteiger partial charge in [-0.05, 0) is 24.1 Å². The molecule has 1 fully saturated rings. The maximum Gasteiger partial charge on any atom is 0.303 e. The van der Waals surface area contributed by atoms with Crippen LogP contribution in [0, 0.1) is 0 Å². The van der Waals surface area contributed by atoms with Crippen molar-refractivity contribution >= 4 is 23.4 Å². The van der Waals surface area contributed by atoms with E-state index in [4.69, 9.17) is 9.84 Å². The van der Waals surface area contributed by atoms with Crippen molar-refractivity contribution in [3.63, 3.8) is 0 Å². The molecule has 0 aromatic heterocycles. The van der Waals surface area contributed by atoms with Crippen LogP contribution in [0.2, 0.25) is 0 Å². The molecule has 1 amide bonds. The second-order valence-electron chi connectivity index (χ2n) is 6.63. The Balaban J connectivity index is 2.10. The van der Waals surface area contributed by atoms with Crippen molar-refractivity contribution in [3.8, 4) is 5.75 Å². The fourth-order valence-electron chi connectivity index (χ4n) is 3.42. The number of rotatable bonds is 7. The van der Waals surface area contributed by atoms with Gasteiger partial charge in [0.05, 0.1) is 18.7 Å². The third kappa shape index (κ3) is 4.13. The van der Waals surface area contributed by atoms with E-state index < -0.39 is 23.7 Å². The molecular weight excluding hydrogens is 374 g/mol. The lowest BCUT2D eigenvalue weighted by molar-refractivity contribution is -0.140. The van der Waals surface area contributed by atoms with E-state index in [1.54, 1.807) is 54.6 Å². The van der Waals surface area contributed by atoms with Crippen molar-refractivity contribution in [2.75, 3.05) is 13.7 Å². The number of Topliss-reactive ketones (excluding diaryl/α,β-unsaturated/α-hetero) is 1. The molecule has 0 spiro atoms. The highest BCUT2D eigenvalue weighted by Gasteiger charge is 2.45. The van der Waals surface area contributed by atoms with E-state index in [-0.39, 0.29) is 30.7 Å². The lowest BCUT2D eigenvalue weighted by Gasteiger charge is -2.25. The lowest BCUT2D eigenvalue weighted by atomic mass is 9.95. The molecule has 29 heavy (non-hydrogen) atoms. The number of benzene rings is 2. The summed E-state index contributed by atoms with van der Waals surface area (Å²) in [5.41, 5.74) is 0.991. The number of carboxylic acids is 1. The smallest absolute Gasteiger partial charge is 0.303 e. The maximum absolute atomic E-state index is 12.8. The van der Waals surface area contributed by atoms with E-state index in [1.807, 2.05) is 0 Å². The van der Waals surface area contributed by atoms with Crippen molar-refractivity contribution in [1.82, 2.24) is 4.90 Å². The number of amides is 1. The Bertz CT molecular complexity index is 966. The number of ketones is 1. The molecule has 2 aromatic carbocycles. The standard InChI is InChI=1S/C22H21NO6/c1-29-16-10-5-9-15(13-16)19-18(20(26)14-7-3-2-4-8-14)21(27)22(28)23(19)12-6-11-17(24)25/h2-5,7-10,13,19,26H,6,11-12H2,1H3,(H,24,25). The van der Waals surface area contributed by atoms with E-state index in [0.717, 1.165) is 0 Å². The SMILES string of the molecule is COc1cccc(C2C(=C(O)c3ccccc3)C(=O)C(=O)N2CCCC(=O)O)c1. The highest BCUT2D eigenvalue weighted by molar-refractivity contribution is 6.46. The molecule has 2 N–H and O–H groups in total. The average Bonchev–Trinajstić information content (AvgIpc) is 2.98. The normalized spacial score (nSPS) is 18.1. The second kappa shape index (κ2) is 8.60. The first-order chi connectivity index (χ1) is 13.9. The summed E-state index contributed by atoms with van der Waals surface area (Å²) in [5.74, 6) is -2.27. The number of methoxy groups -OCH3 is 1. The van der Waals surface area contributed by atoms with Crippen LogP contribution in [0.4, 0.5) is 0 Å². The van der Waals surface area contributed by atoms with E-state index in [1.165, 1.54) is 12.0 Å². The van der Waals surface area contributed by atoms with E-state index in [9.17, 15) is 19.5 Å². The van der Waals surface area contributed by atoms with Crippen LogP contribution in [0.25, 0.3) is 5.76 Å². The summed E-state index contributed by atoms with van der Waals surface area (Å²) >= 11 is 0. The summed E-state index contributed by atoms with van der Waals surface area (Å²) in [4.78, 5) is 37.7. The lowest BCUT2D eigenvalue weighted by Crippen LogP contribution is -2.31. The molecule has 0 saturated carbocycles. The van der Waals surface area contributed by atoms with Gasteiger partial charge in [0.25, 0.3) is 11.7 Å². The van der Waals surface area contributed by atoms with Crippen LogP contribution < -0.4 is 4.74 Å². The summed E-state index contributed by atoms with van der Waals surface area (Å²) < 4.78 is 5.25. The van der Waals surface area contributed by atoms with E-state index in [2.05, 4.69) is 0 Å². The van der Waals surface area contributed by atoms with Gasteiger partial charge in [0.1, 0.15) is 11.5 Å². The molecule has 0 radical (unpaired) electrons. The van der Waals surface area contributed by atoms with Gasteiger partial charge in [-0.2, -0.15) is 0 Å². The van der Waals surface area contributed by atoms with Crippen molar-refractivity contribution in [2.24, 2.45) is 0 Å². The van der Waals surface area contributed by atoms with Crippen LogP contribution in [-0.2, 0) is 14.4 Å². The Kier molecular flexibility index (Phi) is 5.97. The first-order valence-corrected chi connectivity index (χ1v) is 9.13. The molecule has 1 atom stereocenters. The van der Waals surface area contributed by atoms with Gasteiger partial charge in [0.15, 0.2) is 0 Å². The van der Waals surface area contributed by atoms with Gasteiger partial charge >= 0.3 is 5.97 Å². The number of hydrogen-bond donors (Lipinski definition) is 2. The Labute approximate surface area is 167 Å².